The molecule has 2 aromatic heterocycles. The molecule has 20 heavy (non-hydrogen) atoms. The summed E-state index contributed by atoms with van der Waals surface area (Å²) in [7, 11) is 1.86. The minimum absolute atomic E-state index is 0.0983. The zero-order valence-corrected chi connectivity index (χ0v) is 11.3. The average Bonchev–Trinajstić information content (AvgIpc) is 3.13. The van der Waals surface area contributed by atoms with Crippen molar-refractivity contribution in [1.82, 2.24) is 19.3 Å². The van der Waals surface area contributed by atoms with E-state index < -0.39 is 0 Å². The number of fused-ring (bicyclic) bond motifs is 1. The van der Waals surface area contributed by atoms with E-state index >= 15 is 0 Å². The number of imidazole rings is 1. The van der Waals surface area contributed by atoms with Gasteiger partial charge in [0.1, 0.15) is 6.04 Å². The van der Waals surface area contributed by atoms with E-state index in [0.29, 0.717) is 0 Å². The van der Waals surface area contributed by atoms with Gasteiger partial charge in [0.05, 0.1) is 11.9 Å². The van der Waals surface area contributed by atoms with Crippen LogP contribution in [-0.2, 0) is 18.4 Å². The number of aryl methyl sites for hydroxylation is 1. The molecule has 0 saturated carbocycles. The van der Waals surface area contributed by atoms with Gasteiger partial charge in [0.15, 0.2) is 0 Å². The fourth-order valence-corrected chi connectivity index (χ4v) is 3.10. The van der Waals surface area contributed by atoms with E-state index in [9.17, 15) is 4.79 Å². The van der Waals surface area contributed by atoms with Gasteiger partial charge in [0.25, 0.3) is 0 Å². The van der Waals surface area contributed by atoms with Gasteiger partial charge in [-0.05, 0) is 6.42 Å². The third-order valence-electron chi connectivity index (χ3n) is 4.09. The number of hydrogen-bond acceptors (Lipinski definition) is 4. The summed E-state index contributed by atoms with van der Waals surface area (Å²) in [5.41, 5.74) is 0.877. The first kappa shape index (κ1) is 11.5. The van der Waals surface area contributed by atoms with Crippen molar-refractivity contribution < 1.29 is 4.79 Å². The molecular weight excluding hydrogens is 256 g/mol. The summed E-state index contributed by atoms with van der Waals surface area (Å²) in [6.45, 7) is 2.51. The number of carbonyl (C=O) groups excluding carboxylic acids is 1. The van der Waals surface area contributed by atoms with Crippen molar-refractivity contribution in [3.05, 3.63) is 24.8 Å². The van der Waals surface area contributed by atoms with Gasteiger partial charge in [-0.15, -0.1) is 0 Å². The van der Waals surface area contributed by atoms with Crippen LogP contribution in [0.25, 0.3) is 0 Å². The highest BCUT2D eigenvalue weighted by molar-refractivity contribution is 6.01. The van der Waals surface area contributed by atoms with E-state index in [4.69, 9.17) is 0 Å². The fourth-order valence-electron chi connectivity index (χ4n) is 3.10. The molecule has 0 bridgehead atoms. The maximum Gasteiger partial charge on any atom is 0.249 e. The monoisotopic (exact) mass is 272 g/mol. The van der Waals surface area contributed by atoms with Gasteiger partial charge in [0.2, 0.25) is 11.9 Å². The molecule has 4 rings (SSSR count). The molecular formula is C13H16N6O. The molecule has 1 saturated heterocycles. The Morgan fingerprint density at radius 3 is 3.00 bits per heavy atom. The van der Waals surface area contributed by atoms with Gasteiger partial charge in [-0.3, -0.25) is 9.48 Å². The SMILES string of the molecule is Cn1cc(N2CCC(N3CCn4ccnc43)C2=O)cn1. The Hall–Kier alpha value is -2.31. The molecule has 1 atom stereocenters. The van der Waals surface area contributed by atoms with Crippen LogP contribution in [0.5, 0.6) is 0 Å². The Kier molecular flexibility index (Phi) is 2.35. The molecule has 0 spiro atoms. The van der Waals surface area contributed by atoms with Gasteiger partial charge in [-0.25, -0.2) is 4.98 Å². The molecule has 7 nitrogen and oxygen atoms in total. The molecule has 2 aromatic rings. The Balaban J connectivity index is 1.59. The zero-order chi connectivity index (χ0) is 13.7. The number of rotatable bonds is 2. The number of carbonyl (C=O) groups is 1. The van der Waals surface area contributed by atoms with Crippen molar-refractivity contribution in [1.29, 1.82) is 0 Å². The van der Waals surface area contributed by atoms with E-state index in [0.717, 1.165) is 37.7 Å². The molecule has 7 heteroatoms. The molecule has 2 aliphatic heterocycles. The molecule has 4 heterocycles. The predicted molar refractivity (Wildman–Crippen MR) is 73.5 cm³/mol. The zero-order valence-electron chi connectivity index (χ0n) is 11.3. The first-order valence-electron chi connectivity index (χ1n) is 6.82. The van der Waals surface area contributed by atoms with Crippen molar-refractivity contribution in [2.24, 2.45) is 7.05 Å². The van der Waals surface area contributed by atoms with E-state index in [-0.39, 0.29) is 11.9 Å². The lowest BCUT2D eigenvalue weighted by Crippen LogP contribution is -2.41. The molecule has 1 unspecified atom stereocenters. The molecule has 0 N–H and O–H groups in total. The second-order valence-electron chi connectivity index (χ2n) is 5.28. The first-order valence-corrected chi connectivity index (χ1v) is 6.82. The normalized spacial score (nSPS) is 21.9. The number of hydrogen-bond donors (Lipinski definition) is 0. The summed E-state index contributed by atoms with van der Waals surface area (Å²) in [5, 5.41) is 4.14. The maximum absolute atomic E-state index is 12.6. The van der Waals surface area contributed by atoms with Crippen LogP contribution < -0.4 is 9.80 Å². The summed E-state index contributed by atoms with van der Waals surface area (Å²) >= 11 is 0. The maximum atomic E-state index is 12.6. The molecule has 0 aromatic carbocycles. The molecule has 1 fully saturated rings. The summed E-state index contributed by atoms with van der Waals surface area (Å²) in [4.78, 5) is 21.0. The van der Waals surface area contributed by atoms with Crippen molar-refractivity contribution >= 4 is 17.5 Å². The largest absolute Gasteiger partial charge is 0.328 e. The molecule has 0 radical (unpaired) electrons. The summed E-state index contributed by atoms with van der Waals surface area (Å²) in [6.07, 6.45) is 8.21. The minimum Gasteiger partial charge on any atom is -0.328 e. The molecule has 0 aliphatic carbocycles. The minimum atomic E-state index is -0.0983. The lowest BCUT2D eigenvalue weighted by molar-refractivity contribution is -0.118. The Morgan fingerprint density at radius 1 is 1.30 bits per heavy atom. The van der Waals surface area contributed by atoms with E-state index in [2.05, 4.69) is 19.5 Å². The van der Waals surface area contributed by atoms with Crippen molar-refractivity contribution in [2.75, 3.05) is 22.9 Å². The van der Waals surface area contributed by atoms with E-state index in [1.165, 1.54) is 0 Å². The number of amides is 1. The highest BCUT2D eigenvalue weighted by atomic mass is 16.2. The van der Waals surface area contributed by atoms with Crippen molar-refractivity contribution in [2.45, 2.75) is 19.0 Å². The van der Waals surface area contributed by atoms with Crippen LogP contribution >= 0.6 is 0 Å². The van der Waals surface area contributed by atoms with Gasteiger partial charge in [-0.2, -0.15) is 5.10 Å². The van der Waals surface area contributed by atoms with Crippen LogP contribution in [0.2, 0.25) is 0 Å². The second-order valence-corrected chi connectivity index (χ2v) is 5.28. The quantitative estimate of drug-likeness (QED) is 0.786. The van der Waals surface area contributed by atoms with Crippen LogP contribution in [0.3, 0.4) is 0 Å². The number of aromatic nitrogens is 4. The van der Waals surface area contributed by atoms with Crippen LogP contribution in [0.15, 0.2) is 24.8 Å². The standard InChI is InChI=1S/C13H16N6O/c1-16-9-10(8-15-16)18-4-2-11(12(18)20)19-7-6-17-5-3-14-13(17)19/h3,5,8-9,11H,2,4,6-7H2,1H3. The van der Waals surface area contributed by atoms with Crippen LogP contribution in [0.4, 0.5) is 11.6 Å². The molecule has 1 amide bonds. The Labute approximate surface area is 116 Å². The lowest BCUT2D eigenvalue weighted by Gasteiger charge is -2.23. The first-order chi connectivity index (χ1) is 9.74. The lowest BCUT2D eigenvalue weighted by atomic mass is 10.2. The topological polar surface area (TPSA) is 59.2 Å². The number of anilines is 2. The third kappa shape index (κ3) is 1.55. The van der Waals surface area contributed by atoms with Crippen LogP contribution in [0.1, 0.15) is 6.42 Å². The highest BCUT2D eigenvalue weighted by Gasteiger charge is 2.40. The second kappa shape index (κ2) is 4.09. The molecule has 2 aliphatic rings. The van der Waals surface area contributed by atoms with E-state index in [1.54, 1.807) is 17.1 Å². The van der Waals surface area contributed by atoms with Gasteiger partial charge in [0, 0.05) is 45.3 Å². The van der Waals surface area contributed by atoms with Crippen LogP contribution in [0, 0.1) is 0 Å². The van der Waals surface area contributed by atoms with Crippen molar-refractivity contribution in [3.8, 4) is 0 Å². The Morgan fingerprint density at radius 2 is 2.20 bits per heavy atom. The van der Waals surface area contributed by atoms with Crippen LogP contribution in [-0.4, -0.2) is 44.4 Å². The van der Waals surface area contributed by atoms with Crippen molar-refractivity contribution in [3.63, 3.8) is 0 Å². The number of nitrogens with zero attached hydrogens (tertiary/aromatic N) is 6. The van der Waals surface area contributed by atoms with E-state index in [1.807, 2.05) is 24.3 Å². The third-order valence-corrected chi connectivity index (χ3v) is 4.09. The predicted octanol–water partition coefficient (Wildman–Crippen LogP) is 0.242. The smallest absolute Gasteiger partial charge is 0.249 e. The molecule has 104 valence electrons. The Bertz CT molecular complexity index is 659. The average molecular weight is 272 g/mol. The highest BCUT2D eigenvalue weighted by Crippen LogP contribution is 2.29. The van der Waals surface area contributed by atoms with Gasteiger partial charge in [-0.1, -0.05) is 0 Å². The summed E-state index contributed by atoms with van der Waals surface area (Å²) in [6, 6.07) is -0.0983. The summed E-state index contributed by atoms with van der Waals surface area (Å²) in [5.74, 6) is 1.06. The van der Waals surface area contributed by atoms with Gasteiger partial charge >= 0.3 is 0 Å². The summed E-state index contributed by atoms with van der Waals surface area (Å²) < 4.78 is 3.82. The van der Waals surface area contributed by atoms with Gasteiger partial charge < -0.3 is 14.4 Å². The fraction of sp³-hybridized carbons (Fsp3) is 0.462.